The molecule has 0 saturated heterocycles. The molecular formula is C7H10N4O4. The summed E-state index contributed by atoms with van der Waals surface area (Å²) in [4.78, 5) is 23.1. The lowest BCUT2D eigenvalue weighted by molar-refractivity contribution is -0.137. The molecule has 0 unspecified atom stereocenters. The number of carboxylic acid groups (broad SMARTS) is 1. The first kappa shape index (κ1) is 11.0. The summed E-state index contributed by atoms with van der Waals surface area (Å²) in [6, 6.07) is 0. The second kappa shape index (κ2) is 4.40. The van der Waals surface area contributed by atoms with Gasteiger partial charge in [-0.05, 0) is 17.2 Å². The van der Waals surface area contributed by atoms with Gasteiger partial charge in [-0.3, -0.25) is 9.59 Å². The monoisotopic (exact) mass is 214 g/mol. The van der Waals surface area contributed by atoms with Crippen LogP contribution in [0.5, 0.6) is 0 Å². The summed E-state index contributed by atoms with van der Waals surface area (Å²) in [6.45, 7) is 1.46. The van der Waals surface area contributed by atoms with E-state index >= 15 is 0 Å². The molecule has 0 saturated carbocycles. The van der Waals surface area contributed by atoms with Gasteiger partial charge in [0.2, 0.25) is 11.5 Å². The van der Waals surface area contributed by atoms with Crippen molar-refractivity contribution < 1.29 is 19.3 Å². The summed E-state index contributed by atoms with van der Waals surface area (Å²) in [7, 11) is 0. The third-order valence-corrected chi connectivity index (χ3v) is 1.71. The maximum absolute atomic E-state index is 11.6. The number of hydrogen-bond acceptors (Lipinski definition) is 6. The Morgan fingerprint density at radius 3 is 2.60 bits per heavy atom. The molecule has 0 aliphatic rings. The molecule has 3 N–H and O–H groups in total. The predicted octanol–water partition coefficient (Wildman–Crippen LogP) is -0.801. The molecule has 8 heteroatoms. The van der Waals surface area contributed by atoms with Gasteiger partial charge in [-0.1, -0.05) is 0 Å². The Morgan fingerprint density at radius 2 is 2.20 bits per heavy atom. The number of carboxylic acids is 1. The van der Waals surface area contributed by atoms with Gasteiger partial charge in [0.25, 0.3) is 5.91 Å². The van der Waals surface area contributed by atoms with Crippen LogP contribution in [0.15, 0.2) is 4.63 Å². The predicted molar refractivity (Wildman–Crippen MR) is 47.9 cm³/mol. The van der Waals surface area contributed by atoms with Crippen molar-refractivity contribution in [2.75, 3.05) is 18.8 Å². The zero-order chi connectivity index (χ0) is 11.4. The minimum Gasteiger partial charge on any atom is -0.480 e. The first-order chi connectivity index (χ1) is 7.06. The Balaban J connectivity index is 2.82. The fraction of sp³-hybridized carbons (Fsp3) is 0.429. The van der Waals surface area contributed by atoms with Crippen molar-refractivity contribution in [1.29, 1.82) is 0 Å². The number of likely N-dealkylation sites (N-methyl/N-ethyl adjacent to an activating group) is 1. The van der Waals surface area contributed by atoms with Crippen LogP contribution in [0.1, 0.15) is 17.4 Å². The summed E-state index contributed by atoms with van der Waals surface area (Å²) in [5.74, 6) is -1.87. The Morgan fingerprint density at radius 1 is 1.53 bits per heavy atom. The lowest BCUT2D eigenvalue weighted by atomic mass is 10.3. The van der Waals surface area contributed by atoms with Crippen LogP contribution in [-0.2, 0) is 4.79 Å². The molecular weight excluding hydrogens is 204 g/mol. The molecule has 1 aromatic rings. The molecule has 0 bridgehead atoms. The second-order valence-electron chi connectivity index (χ2n) is 2.71. The molecule has 1 aromatic heterocycles. The van der Waals surface area contributed by atoms with Crippen LogP contribution in [0.4, 0.5) is 5.82 Å². The van der Waals surface area contributed by atoms with Gasteiger partial charge < -0.3 is 15.7 Å². The largest absolute Gasteiger partial charge is 0.480 e. The van der Waals surface area contributed by atoms with E-state index in [0.29, 0.717) is 0 Å². The Kier molecular flexibility index (Phi) is 3.21. The molecule has 1 rings (SSSR count). The maximum atomic E-state index is 11.6. The van der Waals surface area contributed by atoms with Gasteiger partial charge in [-0.2, -0.15) is 0 Å². The molecule has 1 amide bonds. The van der Waals surface area contributed by atoms with Gasteiger partial charge in [0.1, 0.15) is 6.54 Å². The summed E-state index contributed by atoms with van der Waals surface area (Å²) >= 11 is 0. The maximum Gasteiger partial charge on any atom is 0.323 e. The molecule has 8 nitrogen and oxygen atoms in total. The number of hydrogen-bond donors (Lipinski definition) is 2. The average Bonchev–Trinajstić information content (AvgIpc) is 2.59. The van der Waals surface area contributed by atoms with Gasteiger partial charge >= 0.3 is 5.97 Å². The van der Waals surface area contributed by atoms with E-state index in [2.05, 4.69) is 14.9 Å². The molecule has 15 heavy (non-hydrogen) atoms. The quantitative estimate of drug-likeness (QED) is 0.672. The van der Waals surface area contributed by atoms with Crippen LogP contribution in [-0.4, -0.2) is 45.3 Å². The van der Waals surface area contributed by atoms with Crippen molar-refractivity contribution in [2.45, 2.75) is 6.92 Å². The highest BCUT2D eigenvalue weighted by atomic mass is 16.6. The second-order valence-corrected chi connectivity index (χ2v) is 2.71. The number of nitrogen functional groups attached to an aromatic ring is 1. The summed E-state index contributed by atoms with van der Waals surface area (Å²) in [6.07, 6.45) is 0. The number of carbonyl (C=O) groups excluding carboxylic acids is 1. The summed E-state index contributed by atoms with van der Waals surface area (Å²) in [5.41, 5.74) is 5.13. The van der Waals surface area contributed by atoms with Crippen LogP contribution in [0.3, 0.4) is 0 Å². The molecule has 82 valence electrons. The number of aromatic nitrogens is 2. The van der Waals surface area contributed by atoms with Crippen LogP contribution in [0, 0.1) is 0 Å². The average molecular weight is 214 g/mol. The van der Waals surface area contributed by atoms with Crippen molar-refractivity contribution in [2.24, 2.45) is 0 Å². The van der Waals surface area contributed by atoms with Gasteiger partial charge in [-0.15, -0.1) is 0 Å². The molecule has 1 heterocycles. The highest BCUT2D eigenvalue weighted by Gasteiger charge is 2.23. The number of aliphatic carboxylic acids is 1. The molecule has 0 aliphatic carbocycles. The van der Waals surface area contributed by atoms with Crippen molar-refractivity contribution >= 4 is 17.7 Å². The number of nitrogens with zero attached hydrogens (tertiary/aromatic N) is 3. The topological polar surface area (TPSA) is 123 Å². The lowest BCUT2D eigenvalue weighted by Gasteiger charge is -2.16. The number of carbonyl (C=O) groups is 2. The number of amides is 1. The van der Waals surface area contributed by atoms with Crippen LogP contribution >= 0.6 is 0 Å². The molecule has 0 aliphatic heterocycles. The fourth-order valence-corrected chi connectivity index (χ4v) is 0.984. The van der Waals surface area contributed by atoms with Gasteiger partial charge in [0, 0.05) is 6.54 Å². The molecule has 0 spiro atoms. The zero-order valence-corrected chi connectivity index (χ0v) is 8.01. The number of rotatable bonds is 4. The normalized spacial score (nSPS) is 9.93. The smallest absolute Gasteiger partial charge is 0.323 e. The van der Waals surface area contributed by atoms with Crippen molar-refractivity contribution in [3.63, 3.8) is 0 Å². The highest BCUT2D eigenvalue weighted by molar-refractivity contribution is 5.97. The van der Waals surface area contributed by atoms with Crippen LogP contribution in [0.25, 0.3) is 0 Å². The first-order valence-electron chi connectivity index (χ1n) is 4.15. The van der Waals surface area contributed by atoms with Crippen LogP contribution < -0.4 is 5.73 Å². The molecule has 0 atom stereocenters. The van der Waals surface area contributed by atoms with Crippen molar-refractivity contribution in [3.8, 4) is 0 Å². The van der Waals surface area contributed by atoms with E-state index < -0.39 is 18.4 Å². The third-order valence-electron chi connectivity index (χ3n) is 1.71. The van der Waals surface area contributed by atoms with E-state index in [9.17, 15) is 9.59 Å². The number of anilines is 1. The van der Waals surface area contributed by atoms with Gasteiger partial charge in [0.15, 0.2) is 0 Å². The van der Waals surface area contributed by atoms with Gasteiger partial charge in [0.05, 0.1) is 0 Å². The van der Waals surface area contributed by atoms with E-state index in [1.165, 1.54) is 0 Å². The Labute approximate surface area is 84.6 Å². The van der Waals surface area contributed by atoms with E-state index in [0.717, 1.165) is 4.90 Å². The molecule has 0 radical (unpaired) electrons. The van der Waals surface area contributed by atoms with Crippen LogP contribution in [0.2, 0.25) is 0 Å². The summed E-state index contributed by atoms with van der Waals surface area (Å²) < 4.78 is 4.25. The summed E-state index contributed by atoms with van der Waals surface area (Å²) in [5, 5.41) is 15.1. The Bertz CT molecular complexity index is 375. The molecule has 0 fully saturated rings. The van der Waals surface area contributed by atoms with E-state index in [1.807, 2.05) is 0 Å². The minimum atomic E-state index is -1.11. The SMILES string of the molecule is CCN(CC(=O)O)C(=O)c1nonc1N. The van der Waals surface area contributed by atoms with Crippen molar-refractivity contribution in [1.82, 2.24) is 15.2 Å². The van der Waals surface area contributed by atoms with Gasteiger partial charge in [-0.25, -0.2) is 4.63 Å². The lowest BCUT2D eigenvalue weighted by Crippen LogP contribution is -2.36. The first-order valence-corrected chi connectivity index (χ1v) is 4.15. The highest BCUT2D eigenvalue weighted by Crippen LogP contribution is 2.07. The zero-order valence-electron chi connectivity index (χ0n) is 8.01. The van der Waals surface area contributed by atoms with E-state index in [4.69, 9.17) is 10.8 Å². The minimum absolute atomic E-state index is 0.149. The van der Waals surface area contributed by atoms with E-state index in [-0.39, 0.29) is 18.1 Å². The van der Waals surface area contributed by atoms with E-state index in [1.54, 1.807) is 6.92 Å². The Hall–Kier alpha value is -2.12. The molecule has 0 aromatic carbocycles. The standard InChI is InChI=1S/C7H10N4O4/c1-2-11(3-4(12)13)7(14)5-6(8)10-15-9-5/h2-3H2,1H3,(H2,8,10)(H,12,13). The third kappa shape index (κ3) is 2.42. The van der Waals surface area contributed by atoms with Crippen molar-refractivity contribution in [3.05, 3.63) is 5.69 Å². The fourth-order valence-electron chi connectivity index (χ4n) is 0.984. The number of nitrogens with two attached hydrogens (primary N) is 1.